The summed E-state index contributed by atoms with van der Waals surface area (Å²) >= 11 is 0. The van der Waals surface area contributed by atoms with Crippen LogP contribution in [0.4, 0.5) is 9.18 Å². The molecule has 0 bridgehead atoms. The van der Waals surface area contributed by atoms with Gasteiger partial charge in [-0.2, -0.15) is 0 Å². The van der Waals surface area contributed by atoms with Crippen molar-refractivity contribution >= 4 is 12.1 Å². The van der Waals surface area contributed by atoms with Gasteiger partial charge in [-0.1, -0.05) is 32.4 Å². The molecule has 0 saturated carbocycles. The monoisotopic (exact) mass is 341 g/mol. The average molecular weight is 341 g/mol. The van der Waals surface area contributed by atoms with Crippen LogP contribution in [0.25, 0.3) is 0 Å². The molecule has 0 saturated heterocycles. The number of likely N-dealkylation sites (N-methyl/N-ethyl adjacent to an activating group) is 1. The lowest BCUT2D eigenvalue weighted by Gasteiger charge is -2.24. The van der Waals surface area contributed by atoms with Gasteiger partial charge in [0.25, 0.3) is 0 Å². The van der Waals surface area contributed by atoms with Gasteiger partial charge in [0.05, 0.1) is 0 Å². The highest BCUT2D eigenvalue weighted by molar-refractivity contribution is 5.78. The molecule has 136 valence electrons. The van der Waals surface area contributed by atoms with Gasteiger partial charge in [0.2, 0.25) is 0 Å². The van der Waals surface area contributed by atoms with Crippen molar-refractivity contribution in [2.24, 2.45) is 0 Å². The van der Waals surface area contributed by atoms with Crippen molar-refractivity contribution < 1.29 is 23.5 Å². The fraction of sp³-hybridized carbons (Fsp3) is 0.556. The van der Waals surface area contributed by atoms with Crippen molar-refractivity contribution in [3.8, 4) is 0 Å². The minimum Gasteiger partial charge on any atom is -0.459 e. The van der Waals surface area contributed by atoms with E-state index in [1.165, 1.54) is 37.7 Å². The highest BCUT2D eigenvalue weighted by Crippen LogP contribution is 2.09. The first-order valence-corrected chi connectivity index (χ1v) is 7.93. The van der Waals surface area contributed by atoms with E-state index in [1.54, 1.807) is 20.8 Å². The van der Waals surface area contributed by atoms with Crippen LogP contribution in [-0.4, -0.2) is 36.2 Å². The topological polar surface area (TPSA) is 55.8 Å². The number of hydrogen-bond acceptors (Lipinski definition) is 4. The van der Waals surface area contributed by atoms with Gasteiger partial charge < -0.3 is 14.4 Å². The lowest BCUT2D eigenvalue weighted by atomic mass is 10.2. The quantitative estimate of drug-likeness (QED) is 0.772. The second-order valence-electron chi connectivity index (χ2n) is 6.33. The summed E-state index contributed by atoms with van der Waals surface area (Å²) in [4.78, 5) is 24.4. The van der Waals surface area contributed by atoms with Gasteiger partial charge in [-0.3, -0.25) is 4.79 Å². The van der Waals surface area contributed by atoms with E-state index < -0.39 is 17.7 Å². The molecule has 0 radical (unpaired) electrons. The van der Waals surface area contributed by atoms with Gasteiger partial charge in [0, 0.05) is 7.05 Å². The van der Waals surface area contributed by atoms with Crippen LogP contribution in [0.1, 0.15) is 46.6 Å². The van der Waals surface area contributed by atoms with E-state index in [0.717, 1.165) is 4.90 Å². The summed E-state index contributed by atoms with van der Waals surface area (Å²) in [6.45, 7) is 9.29. The van der Waals surface area contributed by atoms with Crippen molar-refractivity contribution in [3.63, 3.8) is 0 Å². The summed E-state index contributed by atoms with van der Waals surface area (Å²) in [5.41, 5.74) is 0.0493. The average Bonchev–Trinajstić information content (AvgIpc) is 2.45. The van der Waals surface area contributed by atoms with Crippen LogP contribution in [0.5, 0.6) is 0 Å². The molecule has 0 aromatic heterocycles. The van der Waals surface area contributed by atoms with Gasteiger partial charge in [-0.25, -0.2) is 9.18 Å². The number of carbonyl (C=O) groups is 2. The van der Waals surface area contributed by atoms with Crippen LogP contribution in [-0.2, 0) is 20.9 Å². The number of amides is 1. The Bertz CT molecular complexity index is 509. The van der Waals surface area contributed by atoms with Crippen molar-refractivity contribution in [2.75, 3.05) is 13.6 Å². The Hall–Kier alpha value is -2.11. The van der Waals surface area contributed by atoms with E-state index in [0.29, 0.717) is 5.56 Å². The van der Waals surface area contributed by atoms with E-state index in [1.807, 2.05) is 0 Å². The first-order chi connectivity index (χ1) is 11.1. The molecule has 1 aromatic rings. The van der Waals surface area contributed by atoms with Crippen LogP contribution in [0.3, 0.4) is 0 Å². The maximum absolute atomic E-state index is 12.7. The largest absolute Gasteiger partial charge is 0.459 e. The van der Waals surface area contributed by atoms with E-state index >= 15 is 0 Å². The van der Waals surface area contributed by atoms with Gasteiger partial charge in [-0.05, 0) is 38.5 Å². The molecule has 0 aliphatic carbocycles. The number of esters is 1. The molecule has 6 heteroatoms. The Morgan fingerprint density at radius 1 is 1.12 bits per heavy atom. The molecule has 0 heterocycles. The summed E-state index contributed by atoms with van der Waals surface area (Å²) in [5.74, 6) is -0.914. The van der Waals surface area contributed by atoms with Crippen LogP contribution < -0.4 is 0 Å². The predicted molar refractivity (Wildman–Crippen MR) is 91.0 cm³/mol. The van der Waals surface area contributed by atoms with Gasteiger partial charge >= 0.3 is 12.1 Å². The number of benzene rings is 1. The predicted octanol–water partition coefficient (Wildman–Crippen LogP) is 4.15. The van der Waals surface area contributed by atoms with Crippen LogP contribution >= 0.6 is 0 Å². The van der Waals surface area contributed by atoms with Gasteiger partial charge in [0.1, 0.15) is 24.6 Å². The molecule has 0 aliphatic rings. The Kier molecular flexibility index (Phi) is 9.69. The molecule has 1 amide bonds. The van der Waals surface area contributed by atoms with Crippen molar-refractivity contribution in [3.05, 3.63) is 35.6 Å². The number of halogens is 1. The third-order valence-corrected chi connectivity index (χ3v) is 2.38. The molecule has 0 fully saturated rings. The molecule has 0 spiro atoms. The zero-order valence-electron chi connectivity index (χ0n) is 15.4. The smallest absolute Gasteiger partial charge is 0.410 e. The maximum atomic E-state index is 12.7. The minimum atomic E-state index is -0.622. The summed E-state index contributed by atoms with van der Waals surface area (Å²) < 4.78 is 22.8. The molecule has 5 nitrogen and oxygen atoms in total. The SMILES string of the molecule is CCC.CN(CC(=O)OCc1ccc(F)cc1)C(=O)OC(C)(C)C. The molecule has 0 N–H and O–H groups in total. The Morgan fingerprint density at radius 3 is 2.08 bits per heavy atom. The van der Waals surface area contributed by atoms with Crippen molar-refractivity contribution in [1.29, 1.82) is 0 Å². The van der Waals surface area contributed by atoms with Crippen LogP contribution in [0.2, 0.25) is 0 Å². The first kappa shape index (κ1) is 21.9. The van der Waals surface area contributed by atoms with Gasteiger partial charge in [-0.15, -0.1) is 0 Å². The van der Waals surface area contributed by atoms with Crippen molar-refractivity contribution in [1.82, 2.24) is 4.90 Å². The second kappa shape index (κ2) is 10.6. The number of hydrogen-bond donors (Lipinski definition) is 0. The number of ether oxygens (including phenoxy) is 2. The van der Waals surface area contributed by atoms with Crippen LogP contribution in [0.15, 0.2) is 24.3 Å². The summed E-state index contributed by atoms with van der Waals surface area (Å²) in [7, 11) is 1.45. The molecule has 0 aliphatic heterocycles. The summed E-state index contributed by atoms with van der Waals surface area (Å²) in [6, 6.07) is 5.63. The lowest BCUT2D eigenvalue weighted by Crippen LogP contribution is -2.37. The molecular weight excluding hydrogens is 313 g/mol. The normalized spacial score (nSPS) is 10.3. The standard InChI is InChI=1S/C15H20FNO4.C3H8/c1-15(2,3)21-14(19)17(4)9-13(18)20-10-11-5-7-12(16)8-6-11;1-3-2/h5-8H,9-10H2,1-4H3;3H2,1-2H3. The Labute approximate surface area is 143 Å². The second-order valence-corrected chi connectivity index (χ2v) is 6.33. The third kappa shape index (κ3) is 10.6. The summed E-state index contributed by atoms with van der Waals surface area (Å²) in [6.07, 6.45) is 0.654. The summed E-state index contributed by atoms with van der Waals surface area (Å²) in [5, 5.41) is 0. The van der Waals surface area contributed by atoms with Gasteiger partial charge in [0.15, 0.2) is 0 Å². The molecule has 1 aromatic carbocycles. The minimum absolute atomic E-state index is 0.0290. The van der Waals surface area contributed by atoms with E-state index in [9.17, 15) is 14.0 Å². The third-order valence-electron chi connectivity index (χ3n) is 2.38. The van der Waals surface area contributed by atoms with E-state index in [-0.39, 0.29) is 19.0 Å². The molecule has 24 heavy (non-hydrogen) atoms. The number of carbonyl (C=O) groups excluding carboxylic acids is 2. The first-order valence-electron chi connectivity index (χ1n) is 7.93. The lowest BCUT2D eigenvalue weighted by molar-refractivity contribution is -0.145. The maximum Gasteiger partial charge on any atom is 0.410 e. The fourth-order valence-corrected chi connectivity index (χ4v) is 1.39. The Balaban J connectivity index is 0.00000163. The zero-order valence-corrected chi connectivity index (χ0v) is 15.4. The molecule has 1 rings (SSSR count). The number of rotatable bonds is 4. The van der Waals surface area contributed by atoms with E-state index in [2.05, 4.69) is 13.8 Å². The molecule has 0 unspecified atom stereocenters. The zero-order chi connectivity index (χ0) is 18.8. The number of nitrogens with zero attached hydrogens (tertiary/aromatic N) is 1. The van der Waals surface area contributed by atoms with Crippen LogP contribution in [0, 0.1) is 5.82 Å². The van der Waals surface area contributed by atoms with E-state index in [4.69, 9.17) is 9.47 Å². The fourth-order valence-electron chi connectivity index (χ4n) is 1.39. The molecular formula is C18H28FNO4. The highest BCUT2D eigenvalue weighted by Gasteiger charge is 2.21. The molecule has 0 atom stereocenters. The Morgan fingerprint density at radius 2 is 1.62 bits per heavy atom. The highest BCUT2D eigenvalue weighted by atomic mass is 19.1. The van der Waals surface area contributed by atoms with Crippen molar-refractivity contribution in [2.45, 2.75) is 53.2 Å².